The zero-order valence-corrected chi connectivity index (χ0v) is 13.1. The number of hydrogen-bond acceptors (Lipinski definition) is 3. The summed E-state index contributed by atoms with van der Waals surface area (Å²) in [6, 6.07) is 0. The van der Waals surface area contributed by atoms with E-state index in [1.807, 2.05) is 0 Å². The topological polar surface area (TPSA) is 83.1 Å². The summed E-state index contributed by atoms with van der Waals surface area (Å²) in [4.78, 5) is 0. The molecule has 1 radical (unpaired) electrons. The summed E-state index contributed by atoms with van der Waals surface area (Å²) in [6.45, 7) is 2.42. The molecule has 0 fully saturated rings. The quantitative estimate of drug-likeness (QED) is 0.303. The minimum atomic E-state index is -3.84. The molecule has 1 unspecified atom stereocenters. The lowest BCUT2D eigenvalue weighted by atomic mass is 10.1. The van der Waals surface area contributed by atoms with Gasteiger partial charge in [0.25, 0.3) is 0 Å². The third kappa shape index (κ3) is 14.2. The van der Waals surface area contributed by atoms with Crippen LogP contribution in [0.15, 0.2) is 0 Å². The molecule has 0 spiro atoms. The first kappa shape index (κ1) is 19.0. The minimum Gasteiger partial charge on any atom is -0.155 e. The van der Waals surface area contributed by atoms with E-state index in [-0.39, 0.29) is 6.61 Å². The third-order valence-electron chi connectivity index (χ3n) is 3.12. The van der Waals surface area contributed by atoms with Gasteiger partial charge in [0.2, 0.25) is 0 Å². The predicted molar refractivity (Wildman–Crippen MR) is 75.1 cm³/mol. The molecule has 0 saturated carbocycles. The van der Waals surface area contributed by atoms with Gasteiger partial charge in [-0.1, -0.05) is 71.1 Å². The molecule has 0 saturated heterocycles. The predicted octanol–water partition coefficient (Wildman–Crippen LogP) is 3.16. The average molecular weight is 296 g/mol. The van der Waals surface area contributed by atoms with Crippen LogP contribution in [0.25, 0.3) is 0 Å². The second-order valence-electron chi connectivity index (χ2n) is 4.88. The molecule has 19 heavy (non-hydrogen) atoms. The first-order chi connectivity index (χ1) is 9.12. The molecule has 0 heterocycles. The fourth-order valence-electron chi connectivity index (χ4n) is 1.96. The Hall–Kier alpha value is -0.0100. The summed E-state index contributed by atoms with van der Waals surface area (Å²) < 4.78 is 30.0. The molecular weight excluding hydrogens is 266 g/mol. The molecule has 3 N–H and O–H groups in total. The molecule has 0 aromatic rings. The van der Waals surface area contributed by atoms with Gasteiger partial charge in [-0.25, -0.2) is 0 Å². The smallest absolute Gasteiger partial charge is 0.155 e. The highest BCUT2D eigenvalue weighted by atomic mass is 32.3. The summed E-state index contributed by atoms with van der Waals surface area (Å²) in [5, 5.41) is 0. The van der Waals surface area contributed by atoms with Crippen LogP contribution in [0, 0.1) is 0 Å². The fourth-order valence-corrected chi connectivity index (χ4v) is 2.35. The van der Waals surface area contributed by atoms with Crippen LogP contribution in [0.5, 0.6) is 0 Å². The van der Waals surface area contributed by atoms with Crippen LogP contribution in [0.2, 0.25) is 0 Å². The average Bonchev–Trinajstić information content (AvgIpc) is 2.40. The highest BCUT2D eigenvalue weighted by Gasteiger charge is 2.34. The van der Waals surface area contributed by atoms with E-state index in [0.717, 1.165) is 19.3 Å². The van der Waals surface area contributed by atoms with Gasteiger partial charge in [-0.05, 0) is 6.42 Å². The molecule has 0 amide bonds. The zero-order valence-electron chi connectivity index (χ0n) is 12.2. The van der Waals surface area contributed by atoms with Crippen LogP contribution in [-0.2, 0) is 28.0 Å². The van der Waals surface area contributed by atoms with Crippen LogP contribution in [-0.4, -0.2) is 6.61 Å². The van der Waals surface area contributed by atoms with Crippen molar-refractivity contribution in [1.82, 2.24) is 0 Å². The minimum absolute atomic E-state index is 0.189. The molecule has 0 rings (SSSR count). The molecule has 0 aliphatic rings. The van der Waals surface area contributed by atoms with Crippen molar-refractivity contribution < 1.29 is 23.1 Å². The lowest BCUT2D eigenvalue weighted by molar-refractivity contribution is -0.640. The van der Waals surface area contributed by atoms with Crippen molar-refractivity contribution in [3.05, 3.63) is 0 Å². The van der Waals surface area contributed by atoms with Crippen molar-refractivity contribution in [3.63, 3.8) is 0 Å². The van der Waals surface area contributed by atoms with Crippen molar-refractivity contribution in [2.24, 2.45) is 0 Å². The molecule has 0 aliphatic heterocycles. The molecule has 0 aromatic carbocycles. The zero-order chi connectivity index (χ0) is 14.4. The van der Waals surface area contributed by atoms with Crippen molar-refractivity contribution in [3.8, 4) is 0 Å². The van der Waals surface area contributed by atoms with Crippen LogP contribution in [0.1, 0.15) is 77.6 Å². The molecule has 6 heteroatoms. The summed E-state index contributed by atoms with van der Waals surface area (Å²) >= 11 is 0. The largest absolute Gasteiger partial charge is 0.597 e. The Morgan fingerprint density at radius 2 is 1.26 bits per heavy atom. The van der Waals surface area contributed by atoms with Gasteiger partial charge in [-0.2, -0.15) is 5.90 Å². The van der Waals surface area contributed by atoms with Crippen LogP contribution in [0.3, 0.4) is 0 Å². The van der Waals surface area contributed by atoms with Gasteiger partial charge in [0.1, 0.15) is 11.2 Å². The van der Waals surface area contributed by atoms with E-state index >= 15 is 0 Å². The highest BCUT2D eigenvalue weighted by Crippen LogP contribution is 2.11. The van der Waals surface area contributed by atoms with Gasteiger partial charge in [-0.15, -0.1) is 4.18 Å². The second-order valence-corrected chi connectivity index (χ2v) is 6.17. The third-order valence-corrected chi connectivity index (χ3v) is 3.86. The van der Waals surface area contributed by atoms with E-state index in [1.165, 1.54) is 51.4 Å². The Balaban J connectivity index is 3.09. The molecule has 115 valence electrons. The maximum absolute atomic E-state index is 10.8. The Bertz CT molecular complexity index is 239. The van der Waals surface area contributed by atoms with Crippen LogP contribution < -0.4 is 5.90 Å². The number of unbranched alkanes of at least 4 members (excludes halogenated alkanes) is 10. The van der Waals surface area contributed by atoms with Gasteiger partial charge in [0.15, 0.2) is 0 Å². The number of rotatable bonds is 14. The van der Waals surface area contributed by atoms with Crippen molar-refractivity contribution in [2.45, 2.75) is 77.6 Å². The number of hydrogen-bond donors (Lipinski definition) is 1. The molecule has 0 bridgehead atoms. The molecule has 5 nitrogen and oxygen atoms in total. The Kier molecular flexibility index (Phi) is 13.0. The molecule has 1 atom stereocenters. The van der Waals surface area contributed by atoms with Gasteiger partial charge in [-0.3, -0.25) is 0 Å². The maximum Gasteiger partial charge on any atom is 0.597 e. The van der Waals surface area contributed by atoms with E-state index in [9.17, 15) is 8.76 Å². The standard InChI is InChI=1S/C13H30NO4S/c1-2-3-4-5-6-7-8-9-10-11-12-13-17-19(15,16)18-14/h2-13H2,1,14H3/q+2. The Morgan fingerprint density at radius 3 is 1.68 bits per heavy atom. The first-order valence-electron chi connectivity index (χ1n) is 7.45. The fraction of sp³-hybridized carbons (Fsp3) is 1.00. The summed E-state index contributed by atoms with van der Waals surface area (Å²) in [7, 11) is -3.84. The summed E-state index contributed by atoms with van der Waals surface area (Å²) in [5.74, 6) is 2.82. The van der Waals surface area contributed by atoms with Crippen molar-refractivity contribution in [2.75, 3.05) is 6.61 Å². The lowest BCUT2D eigenvalue weighted by Crippen LogP contribution is -2.53. The Labute approximate surface area is 118 Å². The van der Waals surface area contributed by atoms with E-state index in [1.54, 1.807) is 0 Å². The highest BCUT2D eigenvalue weighted by molar-refractivity contribution is 7.88. The van der Waals surface area contributed by atoms with Gasteiger partial charge in [0, 0.05) is 4.21 Å². The normalized spacial score (nSPS) is 14.5. The number of quaternary nitrogens is 1. The van der Waals surface area contributed by atoms with E-state index in [2.05, 4.69) is 21.3 Å². The summed E-state index contributed by atoms with van der Waals surface area (Å²) in [6.07, 6.45) is 13.5. The van der Waals surface area contributed by atoms with Gasteiger partial charge >= 0.3 is 10.8 Å². The Morgan fingerprint density at radius 1 is 0.842 bits per heavy atom. The van der Waals surface area contributed by atoms with E-state index in [0.29, 0.717) is 0 Å². The SMILES string of the molecule is CCCCCCCCCCCCCO[S+]([O])(=O)O[NH3+]. The maximum atomic E-state index is 10.8. The molecule has 0 aliphatic carbocycles. The summed E-state index contributed by atoms with van der Waals surface area (Å²) in [5.41, 5.74) is 0. The van der Waals surface area contributed by atoms with Gasteiger partial charge < -0.3 is 0 Å². The van der Waals surface area contributed by atoms with E-state index < -0.39 is 10.8 Å². The van der Waals surface area contributed by atoms with Crippen LogP contribution >= 0.6 is 0 Å². The second kappa shape index (κ2) is 13.0. The van der Waals surface area contributed by atoms with Crippen LogP contribution in [0.4, 0.5) is 0 Å². The molecule has 0 aromatic heterocycles. The molecular formula is C13H30NO4S+2. The monoisotopic (exact) mass is 296 g/mol. The van der Waals surface area contributed by atoms with Crippen molar-refractivity contribution >= 4 is 10.8 Å². The van der Waals surface area contributed by atoms with Gasteiger partial charge in [0.05, 0.1) is 4.28 Å². The van der Waals surface area contributed by atoms with E-state index in [4.69, 9.17) is 0 Å². The van der Waals surface area contributed by atoms with Crippen molar-refractivity contribution in [1.29, 1.82) is 0 Å². The first-order valence-corrected chi connectivity index (χ1v) is 8.78. The lowest BCUT2D eigenvalue weighted by Gasteiger charge is -2.01.